The molecule has 1 aliphatic rings. The van der Waals surface area contributed by atoms with Gasteiger partial charge in [0, 0.05) is 17.0 Å². The lowest BCUT2D eigenvalue weighted by molar-refractivity contribution is 0.377. The van der Waals surface area contributed by atoms with Gasteiger partial charge in [0.1, 0.15) is 0 Å². The van der Waals surface area contributed by atoms with Crippen LogP contribution in [0.15, 0.2) is 17.5 Å². The van der Waals surface area contributed by atoms with E-state index < -0.39 is 0 Å². The monoisotopic (exact) mass is 293 g/mol. The Labute approximate surface area is 129 Å². The smallest absolute Gasteiger partial charge is 0.0388 e. The van der Waals surface area contributed by atoms with Crippen molar-refractivity contribution in [1.29, 1.82) is 0 Å². The lowest BCUT2D eigenvalue weighted by Gasteiger charge is -2.23. The number of hydrogen-bond acceptors (Lipinski definition) is 2. The second kappa shape index (κ2) is 9.57. The molecule has 1 atom stereocenters. The van der Waals surface area contributed by atoms with Crippen molar-refractivity contribution in [2.24, 2.45) is 0 Å². The van der Waals surface area contributed by atoms with Crippen LogP contribution in [0.4, 0.5) is 0 Å². The molecule has 1 heterocycles. The number of thiophene rings is 1. The molecule has 0 amide bonds. The molecule has 1 unspecified atom stereocenters. The van der Waals surface area contributed by atoms with Crippen molar-refractivity contribution in [1.82, 2.24) is 5.32 Å². The van der Waals surface area contributed by atoms with Crippen LogP contribution in [0.5, 0.6) is 0 Å². The van der Waals surface area contributed by atoms with Gasteiger partial charge in [-0.3, -0.25) is 0 Å². The minimum Gasteiger partial charge on any atom is -0.307 e. The highest BCUT2D eigenvalue weighted by Gasteiger charge is 2.14. The van der Waals surface area contributed by atoms with Gasteiger partial charge in [-0.25, -0.2) is 0 Å². The van der Waals surface area contributed by atoms with Gasteiger partial charge in [0.25, 0.3) is 0 Å². The van der Waals surface area contributed by atoms with E-state index in [1.54, 1.807) is 0 Å². The minimum atomic E-state index is 0.521. The lowest BCUT2D eigenvalue weighted by Crippen LogP contribution is -2.31. The number of nitrogens with one attached hydrogen (secondary N) is 1. The van der Waals surface area contributed by atoms with Crippen LogP contribution in [0, 0.1) is 0 Å². The summed E-state index contributed by atoms with van der Waals surface area (Å²) in [7, 11) is 0. The van der Waals surface area contributed by atoms with Gasteiger partial charge in [-0.1, -0.05) is 63.9 Å². The highest BCUT2D eigenvalue weighted by atomic mass is 32.1. The molecule has 1 saturated carbocycles. The second-order valence-corrected chi connectivity index (χ2v) is 7.34. The van der Waals surface area contributed by atoms with E-state index in [1.165, 1.54) is 75.5 Å². The van der Waals surface area contributed by atoms with Crippen molar-refractivity contribution in [2.75, 3.05) is 0 Å². The van der Waals surface area contributed by atoms with Crippen LogP contribution in [0.25, 0.3) is 0 Å². The van der Waals surface area contributed by atoms with Gasteiger partial charge in [0.15, 0.2) is 0 Å². The molecule has 114 valence electrons. The Kier molecular flexibility index (Phi) is 7.67. The predicted octanol–water partition coefficient (Wildman–Crippen LogP) is 6.07. The first-order chi connectivity index (χ1) is 9.86. The summed E-state index contributed by atoms with van der Waals surface area (Å²) in [6.07, 6.45) is 15.7. The summed E-state index contributed by atoms with van der Waals surface area (Å²) in [5.74, 6) is 0. The maximum Gasteiger partial charge on any atom is 0.0388 e. The van der Waals surface area contributed by atoms with E-state index in [-0.39, 0.29) is 0 Å². The molecule has 0 radical (unpaired) electrons. The summed E-state index contributed by atoms with van der Waals surface area (Å²) in [5, 5.41) is 6.07. The zero-order valence-electron chi connectivity index (χ0n) is 13.1. The molecule has 1 nitrogen and oxygen atoms in total. The zero-order chi connectivity index (χ0) is 14.0. The minimum absolute atomic E-state index is 0.521. The third kappa shape index (κ3) is 5.97. The van der Waals surface area contributed by atoms with Crippen molar-refractivity contribution in [3.05, 3.63) is 22.4 Å². The molecular formula is C18H31NS. The first kappa shape index (κ1) is 16.0. The molecule has 0 aliphatic heterocycles. The molecular weight excluding hydrogens is 262 g/mol. The Morgan fingerprint density at radius 2 is 1.50 bits per heavy atom. The average Bonchev–Trinajstić information content (AvgIpc) is 2.96. The lowest BCUT2D eigenvalue weighted by atomic mass is 9.97. The van der Waals surface area contributed by atoms with Gasteiger partial charge in [-0.15, -0.1) is 11.3 Å². The normalized spacial score (nSPS) is 21.9. The molecule has 1 aliphatic carbocycles. The summed E-state index contributed by atoms with van der Waals surface area (Å²) >= 11 is 1.88. The summed E-state index contributed by atoms with van der Waals surface area (Å²) in [4.78, 5) is 1.48. The Bertz CT molecular complexity index is 321. The van der Waals surface area contributed by atoms with Crippen molar-refractivity contribution in [2.45, 2.75) is 89.6 Å². The van der Waals surface area contributed by atoms with Crippen LogP contribution < -0.4 is 5.32 Å². The average molecular weight is 294 g/mol. The van der Waals surface area contributed by atoms with Crippen LogP contribution in [0.1, 0.15) is 88.5 Å². The van der Waals surface area contributed by atoms with E-state index in [1.807, 2.05) is 11.3 Å². The van der Waals surface area contributed by atoms with Crippen LogP contribution in [0.3, 0.4) is 0 Å². The zero-order valence-corrected chi connectivity index (χ0v) is 13.9. The topological polar surface area (TPSA) is 12.0 Å². The molecule has 1 fully saturated rings. The molecule has 0 aromatic carbocycles. The van der Waals surface area contributed by atoms with E-state index in [0.717, 1.165) is 6.04 Å². The Balaban J connectivity index is 1.79. The molecule has 0 spiro atoms. The maximum absolute atomic E-state index is 3.88. The number of hydrogen-bond donors (Lipinski definition) is 1. The highest BCUT2D eigenvalue weighted by Crippen LogP contribution is 2.22. The van der Waals surface area contributed by atoms with E-state index in [2.05, 4.69) is 29.8 Å². The van der Waals surface area contributed by atoms with Crippen molar-refractivity contribution in [3.8, 4) is 0 Å². The van der Waals surface area contributed by atoms with Crippen LogP contribution in [0.2, 0.25) is 0 Å². The predicted molar refractivity (Wildman–Crippen MR) is 90.4 cm³/mol. The number of rotatable bonds is 3. The SMILES string of the molecule is CC(NC1CCCCCCCCCCC1)c1cccs1. The Hall–Kier alpha value is -0.340. The fraction of sp³-hybridized carbons (Fsp3) is 0.778. The second-order valence-electron chi connectivity index (χ2n) is 6.36. The Morgan fingerprint density at radius 1 is 0.950 bits per heavy atom. The fourth-order valence-electron chi connectivity index (χ4n) is 3.30. The van der Waals surface area contributed by atoms with Gasteiger partial charge in [0.2, 0.25) is 0 Å². The van der Waals surface area contributed by atoms with Gasteiger partial charge in [-0.05, 0) is 31.2 Å². The van der Waals surface area contributed by atoms with E-state index in [9.17, 15) is 0 Å². The van der Waals surface area contributed by atoms with Crippen molar-refractivity contribution in [3.63, 3.8) is 0 Å². The van der Waals surface area contributed by atoms with E-state index in [4.69, 9.17) is 0 Å². The largest absolute Gasteiger partial charge is 0.307 e. The quantitative estimate of drug-likeness (QED) is 0.713. The molecule has 1 aromatic heterocycles. The summed E-state index contributed by atoms with van der Waals surface area (Å²) in [6.45, 7) is 2.32. The van der Waals surface area contributed by atoms with Crippen LogP contribution >= 0.6 is 11.3 Å². The molecule has 2 rings (SSSR count). The molecule has 2 heteroatoms. The van der Waals surface area contributed by atoms with E-state index in [0.29, 0.717) is 6.04 Å². The van der Waals surface area contributed by atoms with Gasteiger partial charge < -0.3 is 5.32 Å². The molecule has 0 saturated heterocycles. The van der Waals surface area contributed by atoms with Gasteiger partial charge in [-0.2, -0.15) is 0 Å². The summed E-state index contributed by atoms with van der Waals surface area (Å²) in [6, 6.07) is 5.68. The highest BCUT2D eigenvalue weighted by molar-refractivity contribution is 7.10. The Morgan fingerprint density at radius 3 is 2.00 bits per heavy atom. The molecule has 20 heavy (non-hydrogen) atoms. The third-order valence-corrected chi connectivity index (χ3v) is 5.62. The molecule has 1 N–H and O–H groups in total. The van der Waals surface area contributed by atoms with Crippen molar-refractivity contribution < 1.29 is 0 Å². The van der Waals surface area contributed by atoms with Gasteiger partial charge >= 0.3 is 0 Å². The fourth-order valence-corrected chi connectivity index (χ4v) is 4.05. The van der Waals surface area contributed by atoms with E-state index >= 15 is 0 Å². The maximum atomic E-state index is 3.88. The molecule has 0 bridgehead atoms. The molecule has 1 aromatic rings. The first-order valence-electron chi connectivity index (χ1n) is 8.66. The first-order valence-corrected chi connectivity index (χ1v) is 9.53. The summed E-state index contributed by atoms with van der Waals surface area (Å²) < 4.78 is 0. The third-order valence-electron chi connectivity index (χ3n) is 4.56. The standard InChI is InChI=1S/C18H31NS/c1-16(18-14-11-15-20-18)19-17-12-9-7-5-3-2-4-6-8-10-13-17/h11,14-17,19H,2-10,12-13H2,1H3. The van der Waals surface area contributed by atoms with Crippen LogP contribution in [-0.4, -0.2) is 6.04 Å². The summed E-state index contributed by atoms with van der Waals surface area (Å²) in [5.41, 5.74) is 0. The van der Waals surface area contributed by atoms with Crippen molar-refractivity contribution >= 4 is 11.3 Å². The van der Waals surface area contributed by atoms with Crippen LogP contribution in [-0.2, 0) is 0 Å². The van der Waals surface area contributed by atoms with Gasteiger partial charge in [0.05, 0.1) is 0 Å².